The molecule has 0 aliphatic carbocycles. The molecule has 0 aromatic rings. The molecule has 0 aromatic heterocycles. The molecule has 5 nitrogen and oxygen atoms in total. The Bertz CT molecular complexity index is 968. The van der Waals surface area contributed by atoms with Crippen LogP contribution < -0.4 is 0 Å². The zero-order valence-corrected chi connectivity index (χ0v) is 32.4. The van der Waals surface area contributed by atoms with Crippen LogP contribution in [0.1, 0.15) is 162 Å². The van der Waals surface area contributed by atoms with Gasteiger partial charge in [-0.25, -0.2) is 0 Å². The fourth-order valence-electron chi connectivity index (χ4n) is 4.98. The quantitative estimate of drug-likeness (QED) is 0.0375. The van der Waals surface area contributed by atoms with Crippen LogP contribution in [0.3, 0.4) is 0 Å². The molecule has 0 N–H and O–H groups in total. The molecule has 0 radical (unpaired) electrons. The summed E-state index contributed by atoms with van der Waals surface area (Å²) in [7, 11) is 0. The highest BCUT2D eigenvalue weighted by Gasteiger charge is 2.17. The highest BCUT2D eigenvalue weighted by molar-refractivity contribution is 5.70. The van der Waals surface area contributed by atoms with Gasteiger partial charge in [-0.15, -0.1) is 0 Å². The molecule has 0 amide bonds. The van der Waals surface area contributed by atoms with Gasteiger partial charge in [0, 0.05) is 19.4 Å². The standard InChI is InChI=1S/C45H74O5/c1-4-7-10-13-16-18-20-22-23-25-26-28-30-32-35-38-44(46)49-42-43(41-48-40-37-34-15-12-9-6-3)50-45(47)39-36-33-31-29-27-24-21-19-17-14-11-8-5-2/h7-8,10-11,16-19,22-24,26-28,43H,4-6,9,12-15,20-21,25,29-42H2,1-3H3/b10-7-,11-8-,18-16-,19-17-,23-22-,27-24-,28-26-. The van der Waals surface area contributed by atoms with E-state index >= 15 is 0 Å². The second-order valence-electron chi connectivity index (χ2n) is 12.8. The number of hydrogen-bond acceptors (Lipinski definition) is 5. The lowest BCUT2D eigenvalue weighted by Gasteiger charge is -2.18. The molecule has 1 unspecified atom stereocenters. The van der Waals surface area contributed by atoms with E-state index in [-0.39, 0.29) is 25.2 Å². The fourth-order valence-corrected chi connectivity index (χ4v) is 4.98. The molecule has 0 bridgehead atoms. The van der Waals surface area contributed by atoms with Crippen molar-refractivity contribution in [3.63, 3.8) is 0 Å². The van der Waals surface area contributed by atoms with Crippen LogP contribution in [0.4, 0.5) is 0 Å². The Labute approximate surface area is 308 Å². The predicted molar refractivity (Wildman–Crippen MR) is 214 cm³/mol. The van der Waals surface area contributed by atoms with Gasteiger partial charge in [0.25, 0.3) is 0 Å². The van der Waals surface area contributed by atoms with Gasteiger partial charge in [0.15, 0.2) is 6.10 Å². The molecule has 0 aliphatic rings. The lowest BCUT2D eigenvalue weighted by Crippen LogP contribution is -2.30. The Balaban J connectivity index is 4.30. The van der Waals surface area contributed by atoms with E-state index in [4.69, 9.17) is 14.2 Å². The maximum absolute atomic E-state index is 12.6. The van der Waals surface area contributed by atoms with Gasteiger partial charge in [0.2, 0.25) is 0 Å². The van der Waals surface area contributed by atoms with Gasteiger partial charge < -0.3 is 14.2 Å². The van der Waals surface area contributed by atoms with Gasteiger partial charge in [-0.3, -0.25) is 9.59 Å². The molecule has 5 heteroatoms. The summed E-state index contributed by atoms with van der Waals surface area (Å²) in [5, 5.41) is 0. The van der Waals surface area contributed by atoms with Crippen molar-refractivity contribution in [3.05, 3.63) is 85.1 Å². The molecule has 1 atom stereocenters. The van der Waals surface area contributed by atoms with Crippen LogP contribution in [0.15, 0.2) is 85.1 Å². The smallest absolute Gasteiger partial charge is 0.306 e. The Morgan fingerprint density at radius 2 is 0.900 bits per heavy atom. The predicted octanol–water partition coefficient (Wildman–Crippen LogP) is 13.0. The summed E-state index contributed by atoms with van der Waals surface area (Å²) >= 11 is 0. The van der Waals surface area contributed by atoms with E-state index in [2.05, 4.69) is 106 Å². The van der Waals surface area contributed by atoms with E-state index in [0.717, 1.165) is 103 Å². The number of unbranched alkanes of at least 4 members (excludes halogenated alkanes) is 10. The van der Waals surface area contributed by atoms with Crippen molar-refractivity contribution in [2.24, 2.45) is 0 Å². The van der Waals surface area contributed by atoms with Crippen molar-refractivity contribution in [1.29, 1.82) is 0 Å². The summed E-state index contributed by atoms with van der Waals surface area (Å²) in [6.45, 7) is 7.45. The molecular weight excluding hydrogens is 620 g/mol. The van der Waals surface area contributed by atoms with E-state index in [1.54, 1.807) is 0 Å². The average Bonchev–Trinajstić information content (AvgIpc) is 3.11. The fraction of sp³-hybridized carbons (Fsp3) is 0.644. The van der Waals surface area contributed by atoms with E-state index in [9.17, 15) is 9.59 Å². The van der Waals surface area contributed by atoms with Crippen molar-refractivity contribution in [3.8, 4) is 0 Å². The third kappa shape index (κ3) is 37.9. The zero-order chi connectivity index (χ0) is 36.4. The molecule has 0 aliphatic heterocycles. The topological polar surface area (TPSA) is 61.8 Å². The largest absolute Gasteiger partial charge is 0.462 e. The van der Waals surface area contributed by atoms with Crippen LogP contribution in [-0.2, 0) is 23.8 Å². The third-order valence-electron chi connectivity index (χ3n) is 7.93. The summed E-state index contributed by atoms with van der Waals surface area (Å²) in [5.74, 6) is -0.492. The number of carbonyl (C=O) groups is 2. The van der Waals surface area contributed by atoms with Crippen molar-refractivity contribution in [2.75, 3.05) is 19.8 Å². The molecule has 0 saturated heterocycles. The summed E-state index contributed by atoms with van der Waals surface area (Å²) < 4.78 is 17.1. The third-order valence-corrected chi connectivity index (χ3v) is 7.93. The van der Waals surface area contributed by atoms with Crippen molar-refractivity contribution in [1.82, 2.24) is 0 Å². The highest BCUT2D eigenvalue weighted by atomic mass is 16.6. The molecule has 0 spiro atoms. The minimum atomic E-state index is -0.565. The van der Waals surface area contributed by atoms with Crippen LogP contribution in [-0.4, -0.2) is 37.9 Å². The van der Waals surface area contributed by atoms with Crippen LogP contribution in [0, 0.1) is 0 Å². The molecule has 50 heavy (non-hydrogen) atoms. The molecule has 0 saturated carbocycles. The summed E-state index contributed by atoms with van der Waals surface area (Å²) in [6.07, 6.45) is 51.6. The minimum absolute atomic E-state index is 0.0477. The Morgan fingerprint density at radius 3 is 1.46 bits per heavy atom. The Hall–Kier alpha value is -2.92. The van der Waals surface area contributed by atoms with Crippen molar-refractivity contribution in [2.45, 2.75) is 168 Å². The van der Waals surface area contributed by atoms with Crippen LogP contribution in [0.25, 0.3) is 0 Å². The summed E-state index contributed by atoms with van der Waals surface area (Å²) in [5.41, 5.74) is 0. The molecule has 0 fully saturated rings. The highest BCUT2D eigenvalue weighted by Crippen LogP contribution is 2.10. The molecular formula is C45H74O5. The maximum Gasteiger partial charge on any atom is 0.306 e. The van der Waals surface area contributed by atoms with Gasteiger partial charge in [0.05, 0.1) is 6.61 Å². The lowest BCUT2D eigenvalue weighted by molar-refractivity contribution is -0.163. The first-order valence-electron chi connectivity index (χ1n) is 20.1. The number of ether oxygens (including phenoxy) is 3. The number of esters is 2. The molecule has 0 rings (SSSR count). The number of carbonyl (C=O) groups excluding carboxylic acids is 2. The maximum atomic E-state index is 12.6. The van der Waals surface area contributed by atoms with E-state index in [0.29, 0.717) is 19.4 Å². The minimum Gasteiger partial charge on any atom is -0.462 e. The Kier molecular flexibility index (Phi) is 38.1. The van der Waals surface area contributed by atoms with Crippen LogP contribution in [0.5, 0.6) is 0 Å². The van der Waals surface area contributed by atoms with Crippen molar-refractivity contribution < 1.29 is 23.8 Å². The average molecular weight is 695 g/mol. The van der Waals surface area contributed by atoms with Gasteiger partial charge in [-0.05, 0) is 89.9 Å². The first kappa shape index (κ1) is 47.1. The second-order valence-corrected chi connectivity index (χ2v) is 12.8. The molecule has 284 valence electrons. The monoisotopic (exact) mass is 695 g/mol. The first-order valence-corrected chi connectivity index (χ1v) is 20.1. The van der Waals surface area contributed by atoms with Crippen LogP contribution in [0.2, 0.25) is 0 Å². The number of rotatable bonds is 35. The van der Waals surface area contributed by atoms with Gasteiger partial charge in [0.1, 0.15) is 6.61 Å². The van der Waals surface area contributed by atoms with Gasteiger partial charge in [-0.1, -0.05) is 144 Å². The molecule has 0 aromatic carbocycles. The van der Waals surface area contributed by atoms with E-state index in [1.165, 1.54) is 25.7 Å². The van der Waals surface area contributed by atoms with Gasteiger partial charge >= 0.3 is 11.9 Å². The number of hydrogen-bond donors (Lipinski definition) is 0. The lowest BCUT2D eigenvalue weighted by atomic mass is 10.1. The Morgan fingerprint density at radius 1 is 0.460 bits per heavy atom. The number of allylic oxidation sites excluding steroid dienone is 14. The van der Waals surface area contributed by atoms with Crippen LogP contribution >= 0.6 is 0 Å². The van der Waals surface area contributed by atoms with E-state index in [1.807, 2.05) is 0 Å². The second kappa shape index (κ2) is 40.5. The normalized spacial score (nSPS) is 13.1. The zero-order valence-electron chi connectivity index (χ0n) is 32.4. The van der Waals surface area contributed by atoms with Crippen molar-refractivity contribution >= 4 is 11.9 Å². The summed E-state index contributed by atoms with van der Waals surface area (Å²) in [6, 6.07) is 0. The van der Waals surface area contributed by atoms with E-state index < -0.39 is 6.10 Å². The first-order chi connectivity index (χ1) is 24.6. The van der Waals surface area contributed by atoms with Gasteiger partial charge in [-0.2, -0.15) is 0 Å². The SMILES string of the molecule is CC/C=C\C/C=C\C/C=C\C/C=C\CCCCC(=O)OCC(COCCCCCCCC)OC(=O)CCCCC/C=C\C/C=C\C/C=C\CC. The molecule has 0 heterocycles. The summed E-state index contributed by atoms with van der Waals surface area (Å²) in [4.78, 5) is 25.0.